The lowest BCUT2D eigenvalue weighted by molar-refractivity contribution is 0.0648. The second-order valence-corrected chi connectivity index (χ2v) is 5.27. The van der Waals surface area contributed by atoms with E-state index in [0.717, 1.165) is 31.0 Å². The topological polar surface area (TPSA) is 38.0 Å². The maximum absolute atomic E-state index is 10.4. The van der Waals surface area contributed by atoms with Gasteiger partial charge in [-0.25, -0.2) is 4.98 Å². The molecule has 96 valence electrons. The van der Waals surface area contributed by atoms with Crippen molar-refractivity contribution in [1.82, 2.24) is 9.55 Å². The highest BCUT2D eigenvalue weighted by atomic mass is 16.3. The van der Waals surface area contributed by atoms with Crippen molar-refractivity contribution in [2.75, 3.05) is 0 Å². The number of aryl methyl sites for hydroxylation is 1. The molecule has 1 N–H and O–H groups in total. The van der Waals surface area contributed by atoms with Crippen LogP contribution in [0.4, 0.5) is 0 Å². The molecule has 0 spiro atoms. The van der Waals surface area contributed by atoms with Gasteiger partial charge >= 0.3 is 0 Å². The van der Waals surface area contributed by atoms with Crippen LogP contribution in [0.1, 0.15) is 57.7 Å². The Morgan fingerprint density at radius 3 is 2.94 bits per heavy atom. The van der Waals surface area contributed by atoms with Gasteiger partial charge in [0.15, 0.2) is 0 Å². The minimum Gasteiger partial charge on any atom is -0.386 e. The van der Waals surface area contributed by atoms with E-state index in [0.29, 0.717) is 5.92 Å². The van der Waals surface area contributed by atoms with Crippen LogP contribution in [0, 0.1) is 11.8 Å². The summed E-state index contributed by atoms with van der Waals surface area (Å²) in [5, 5.41) is 10.4. The first-order valence-electron chi connectivity index (χ1n) is 6.94. The molecule has 0 aliphatic heterocycles. The van der Waals surface area contributed by atoms with Gasteiger partial charge in [-0.2, -0.15) is 0 Å². The first kappa shape index (κ1) is 12.6. The average molecular weight is 236 g/mol. The van der Waals surface area contributed by atoms with E-state index < -0.39 is 0 Å². The molecule has 1 aromatic heterocycles. The molecule has 0 radical (unpaired) electrons. The van der Waals surface area contributed by atoms with E-state index in [1.807, 2.05) is 17.1 Å². The minimum atomic E-state index is -0.364. The second-order valence-electron chi connectivity index (χ2n) is 5.27. The lowest BCUT2D eigenvalue weighted by atomic mass is 9.77. The number of aliphatic hydroxyl groups excluding tert-OH is 1. The quantitative estimate of drug-likeness (QED) is 0.872. The summed E-state index contributed by atoms with van der Waals surface area (Å²) < 4.78 is 2.03. The monoisotopic (exact) mass is 236 g/mol. The van der Waals surface area contributed by atoms with Gasteiger partial charge in [-0.1, -0.05) is 26.2 Å². The fraction of sp³-hybridized carbons (Fsp3) is 0.786. The fourth-order valence-corrected chi connectivity index (χ4v) is 2.93. The van der Waals surface area contributed by atoms with E-state index in [1.54, 1.807) is 0 Å². The molecule has 3 nitrogen and oxygen atoms in total. The van der Waals surface area contributed by atoms with Gasteiger partial charge in [0.2, 0.25) is 0 Å². The molecule has 2 rings (SSSR count). The minimum absolute atomic E-state index is 0.364. The molecule has 3 unspecified atom stereocenters. The van der Waals surface area contributed by atoms with Crippen LogP contribution in [0.25, 0.3) is 0 Å². The lowest BCUT2D eigenvalue weighted by Gasteiger charge is -2.31. The molecule has 1 fully saturated rings. The molecular formula is C14H24N2O. The number of aromatic nitrogens is 2. The van der Waals surface area contributed by atoms with Crippen molar-refractivity contribution in [3.05, 3.63) is 18.2 Å². The third-order valence-electron chi connectivity index (χ3n) is 4.17. The fourth-order valence-electron chi connectivity index (χ4n) is 2.93. The van der Waals surface area contributed by atoms with Gasteiger partial charge in [-0.15, -0.1) is 0 Å². The molecule has 0 aromatic carbocycles. The average Bonchev–Trinajstić information content (AvgIpc) is 2.86. The van der Waals surface area contributed by atoms with Crippen molar-refractivity contribution in [3.63, 3.8) is 0 Å². The smallest absolute Gasteiger partial charge is 0.100 e. The summed E-state index contributed by atoms with van der Waals surface area (Å²) in [6, 6.07) is 0. The number of nitrogens with zero attached hydrogens (tertiary/aromatic N) is 2. The maximum atomic E-state index is 10.4. The molecule has 1 aliphatic rings. The van der Waals surface area contributed by atoms with Crippen molar-refractivity contribution in [1.29, 1.82) is 0 Å². The van der Waals surface area contributed by atoms with Crippen LogP contribution in [-0.4, -0.2) is 14.7 Å². The van der Waals surface area contributed by atoms with E-state index in [4.69, 9.17) is 0 Å². The van der Waals surface area contributed by atoms with Crippen molar-refractivity contribution in [2.45, 2.75) is 58.6 Å². The summed E-state index contributed by atoms with van der Waals surface area (Å²) in [4.78, 5) is 4.33. The molecule has 0 bridgehead atoms. The zero-order valence-electron chi connectivity index (χ0n) is 11.0. The molecule has 0 amide bonds. The molecule has 3 atom stereocenters. The van der Waals surface area contributed by atoms with Gasteiger partial charge < -0.3 is 9.67 Å². The normalized spacial score (nSPS) is 27.0. The predicted octanol–water partition coefficient (Wildman–Crippen LogP) is 3.15. The van der Waals surface area contributed by atoms with E-state index in [2.05, 4.69) is 18.8 Å². The van der Waals surface area contributed by atoms with Crippen LogP contribution < -0.4 is 0 Å². The highest BCUT2D eigenvalue weighted by Crippen LogP contribution is 2.37. The Balaban J connectivity index is 2.00. The maximum Gasteiger partial charge on any atom is 0.100 e. The Morgan fingerprint density at radius 2 is 2.29 bits per heavy atom. The highest BCUT2D eigenvalue weighted by molar-refractivity contribution is 5.03. The summed E-state index contributed by atoms with van der Waals surface area (Å²) in [5.74, 6) is 1.21. The molecule has 0 saturated heterocycles. The van der Waals surface area contributed by atoms with Crippen LogP contribution in [0.3, 0.4) is 0 Å². The molecular weight excluding hydrogens is 212 g/mol. The zero-order valence-corrected chi connectivity index (χ0v) is 11.0. The van der Waals surface area contributed by atoms with E-state index in [9.17, 15) is 5.11 Å². The van der Waals surface area contributed by atoms with Gasteiger partial charge in [-0.05, 0) is 31.6 Å². The van der Waals surface area contributed by atoms with Crippen LogP contribution in [0.15, 0.2) is 12.5 Å². The number of hydrogen-bond acceptors (Lipinski definition) is 2. The van der Waals surface area contributed by atoms with Gasteiger partial charge in [0.1, 0.15) is 6.10 Å². The van der Waals surface area contributed by atoms with Crippen molar-refractivity contribution in [2.24, 2.45) is 11.8 Å². The Kier molecular flexibility index (Phi) is 4.21. The third-order valence-corrected chi connectivity index (χ3v) is 4.17. The summed E-state index contributed by atoms with van der Waals surface area (Å²) in [6.45, 7) is 5.26. The standard InChI is InChI=1S/C14H24N2O/c1-3-11-6-5-7-12(8-11)14(17)13-9-16(4-2)10-15-13/h9-12,14,17H,3-8H2,1-2H3. The Morgan fingerprint density at radius 1 is 1.47 bits per heavy atom. The first-order valence-corrected chi connectivity index (χ1v) is 6.94. The van der Waals surface area contributed by atoms with Crippen LogP contribution in [0.5, 0.6) is 0 Å². The highest BCUT2D eigenvalue weighted by Gasteiger charge is 2.28. The number of rotatable bonds is 4. The number of hydrogen-bond donors (Lipinski definition) is 1. The number of imidazole rings is 1. The second kappa shape index (κ2) is 5.67. The molecule has 1 saturated carbocycles. The van der Waals surface area contributed by atoms with Gasteiger partial charge in [0.05, 0.1) is 12.0 Å². The Bertz CT molecular complexity index is 348. The largest absolute Gasteiger partial charge is 0.386 e. The van der Waals surface area contributed by atoms with Crippen LogP contribution >= 0.6 is 0 Å². The van der Waals surface area contributed by atoms with Gasteiger partial charge in [0, 0.05) is 12.7 Å². The Hall–Kier alpha value is -0.830. The SMILES string of the molecule is CCC1CCCC(C(O)c2cn(CC)cn2)C1. The van der Waals surface area contributed by atoms with Crippen molar-refractivity contribution < 1.29 is 5.11 Å². The van der Waals surface area contributed by atoms with Crippen molar-refractivity contribution in [3.8, 4) is 0 Å². The van der Waals surface area contributed by atoms with Crippen LogP contribution in [-0.2, 0) is 6.54 Å². The number of aliphatic hydroxyl groups is 1. The first-order chi connectivity index (χ1) is 8.24. The summed E-state index contributed by atoms with van der Waals surface area (Å²) in [7, 11) is 0. The lowest BCUT2D eigenvalue weighted by Crippen LogP contribution is -2.21. The van der Waals surface area contributed by atoms with Gasteiger partial charge in [0.25, 0.3) is 0 Å². The third kappa shape index (κ3) is 2.89. The van der Waals surface area contributed by atoms with Gasteiger partial charge in [-0.3, -0.25) is 0 Å². The molecule has 1 heterocycles. The van der Waals surface area contributed by atoms with Crippen LogP contribution in [0.2, 0.25) is 0 Å². The summed E-state index contributed by atoms with van der Waals surface area (Å²) >= 11 is 0. The van der Waals surface area contributed by atoms with E-state index in [-0.39, 0.29) is 6.10 Å². The molecule has 3 heteroatoms. The van der Waals surface area contributed by atoms with E-state index in [1.165, 1.54) is 19.3 Å². The molecule has 1 aliphatic carbocycles. The summed E-state index contributed by atoms with van der Waals surface area (Å²) in [5.41, 5.74) is 0.855. The Labute approximate surface area is 104 Å². The predicted molar refractivity (Wildman–Crippen MR) is 68.6 cm³/mol. The summed E-state index contributed by atoms with van der Waals surface area (Å²) in [6.07, 6.45) is 9.59. The van der Waals surface area contributed by atoms with E-state index >= 15 is 0 Å². The molecule has 17 heavy (non-hydrogen) atoms. The zero-order chi connectivity index (χ0) is 12.3. The van der Waals surface area contributed by atoms with Crippen molar-refractivity contribution >= 4 is 0 Å². The molecule has 1 aromatic rings.